The Morgan fingerprint density at radius 1 is 1.26 bits per heavy atom. The molecule has 0 aromatic rings. The number of nitrogens with one attached hydrogen (secondary N) is 1. The van der Waals surface area contributed by atoms with Gasteiger partial charge in [-0.05, 0) is 38.0 Å². The molecule has 2 aliphatic rings. The topological polar surface area (TPSA) is 89.3 Å². The van der Waals surface area contributed by atoms with Crippen LogP contribution in [0.2, 0.25) is 0 Å². The van der Waals surface area contributed by atoms with Crippen molar-refractivity contribution < 1.29 is 13.2 Å². The average molecular weight is 288 g/mol. The lowest BCUT2D eigenvalue weighted by Gasteiger charge is -2.33. The fraction of sp³-hybridized carbons (Fsp3) is 0.923. The molecule has 2 rings (SSSR count). The first-order valence-electron chi connectivity index (χ1n) is 7.14. The summed E-state index contributed by atoms with van der Waals surface area (Å²) in [4.78, 5) is 12.3. The maximum atomic E-state index is 12.3. The highest BCUT2D eigenvalue weighted by Gasteiger charge is 2.33. The summed E-state index contributed by atoms with van der Waals surface area (Å²) < 4.78 is 23.1. The zero-order valence-corrected chi connectivity index (χ0v) is 12.3. The monoisotopic (exact) mass is 288 g/mol. The van der Waals surface area contributed by atoms with Gasteiger partial charge in [0.05, 0.1) is 11.5 Å². The summed E-state index contributed by atoms with van der Waals surface area (Å²) in [6, 6.07) is -0.112. The van der Waals surface area contributed by atoms with Crippen molar-refractivity contribution in [2.75, 3.05) is 11.5 Å². The van der Waals surface area contributed by atoms with Crippen molar-refractivity contribution in [1.29, 1.82) is 0 Å². The van der Waals surface area contributed by atoms with Crippen molar-refractivity contribution in [3.63, 3.8) is 0 Å². The highest BCUT2D eigenvalue weighted by atomic mass is 32.2. The SMILES string of the molecule is CC1CCC(N)CC1C(=O)NC1CCCS(=O)(=O)C1. The molecule has 6 heteroatoms. The molecule has 1 aliphatic heterocycles. The predicted octanol–water partition coefficient (Wildman–Crippen LogP) is 0.443. The Balaban J connectivity index is 1.93. The molecule has 110 valence electrons. The summed E-state index contributed by atoms with van der Waals surface area (Å²) in [5, 5.41) is 2.92. The van der Waals surface area contributed by atoms with E-state index in [0.29, 0.717) is 18.8 Å². The van der Waals surface area contributed by atoms with Gasteiger partial charge in [-0.3, -0.25) is 4.79 Å². The lowest BCUT2D eigenvalue weighted by atomic mass is 9.77. The van der Waals surface area contributed by atoms with Gasteiger partial charge in [-0.15, -0.1) is 0 Å². The second-order valence-corrected chi connectivity index (χ2v) is 8.35. The summed E-state index contributed by atoms with van der Waals surface area (Å²) >= 11 is 0. The highest BCUT2D eigenvalue weighted by Crippen LogP contribution is 2.29. The molecule has 1 saturated heterocycles. The summed E-state index contributed by atoms with van der Waals surface area (Å²) in [5.41, 5.74) is 5.93. The van der Waals surface area contributed by atoms with Crippen LogP contribution in [0.5, 0.6) is 0 Å². The third kappa shape index (κ3) is 3.92. The van der Waals surface area contributed by atoms with E-state index in [1.54, 1.807) is 0 Å². The van der Waals surface area contributed by atoms with Crippen LogP contribution in [0.1, 0.15) is 39.0 Å². The van der Waals surface area contributed by atoms with Crippen molar-refractivity contribution in [2.24, 2.45) is 17.6 Å². The van der Waals surface area contributed by atoms with Crippen molar-refractivity contribution in [1.82, 2.24) is 5.32 Å². The van der Waals surface area contributed by atoms with Gasteiger partial charge in [0, 0.05) is 18.0 Å². The lowest BCUT2D eigenvalue weighted by molar-refractivity contribution is -0.128. The van der Waals surface area contributed by atoms with Gasteiger partial charge in [0.25, 0.3) is 0 Å². The third-order valence-corrected chi connectivity index (χ3v) is 6.20. The number of hydrogen-bond donors (Lipinski definition) is 2. The van der Waals surface area contributed by atoms with Gasteiger partial charge in [0.2, 0.25) is 5.91 Å². The summed E-state index contributed by atoms with van der Waals surface area (Å²) in [6.07, 6.45) is 4.07. The number of amides is 1. The molecule has 4 unspecified atom stereocenters. The minimum Gasteiger partial charge on any atom is -0.352 e. The van der Waals surface area contributed by atoms with Gasteiger partial charge in [0.15, 0.2) is 9.84 Å². The molecule has 4 atom stereocenters. The maximum Gasteiger partial charge on any atom is 0.223 e. The number of carbonyl (C=O) groups excluding carboxylic acids is 1. The number of rotatable bonds is 2. The molecule has 1 saturated carbocycles. The molecule has 0 aromatic heterocycles. The molecule has 0 bridgehead atoms. The Kier molecular flexibility index (Phi) is 4.50. The lowest BCUT2D eigenvalue weighted by Crippen LogP contribution is -2.48. The first kappa shape index (κ1) is 14.8. The Morgan fingerprint density at radius 2 is 2.00 bits per heavy atom. The molecule has 5 nitrogen and oxygen atoms in total. The number of nitrogens with two attached hydrogens (primary N) is 1. The minimum atomic E-state index is -2.97. The molecule has 3 N–H and O–H groups in total. The van der Waals surface area contributed by atoms with Crippen LogP contribution in [-0.4, -0.2) is 37.9 Å². The van der Waals surface area contributed by atoms with Crippen molar-refractivity contribution >= 4 is 15.7 Å². The van der Waals surface area contributed by atoms with E-state index in [-0.39, 0.29) is 35.4 Å². The Bertz CT molecular complexity index is 435. The van der Waals surface area contributed by atoms with Gasteiger partial charge in [0.1, 0.15) is 0 Å². The summed E-state index contributed by atoms with van der Waals surface area (Å²) in [6.45, 7) is 2.08. The van der Waals surface area contributed by atoms with E-state index in [4.69, 9.17) is 5.73 Å². The fourth-order valence-corrected chi connectivity index (χ4v) is 4.80. The predicted molar refractivity (Wildman–Crippen MR) is 74.3 cm³/mol. The maximum absolute atomic E-state index is 12.3. The smallest absolute Gasteiger partial charge is 0.223 e. The standard InChI is InChI=1S/C13H24N2O3S/c1-9-4-5-10(14)7-12(9)13(16)15-11-3-2-6-19(17,18)8-11/h9-12H,2-8,14H2,1H3,(H,15,16). The van der Waals surface area contributed by atoms with E-state index in [9.17, 15) is 13.2 Å². The normalized spacial score (nSPS) is 38.6. The molecule has 2 fully saturated rings. The van der Waals surface area contributed by atoms with Crippen molar-refractivity contribution in [3.05, 3.63) is 0 Å². The Hall–Kier alpha value is -0.620. The van der Waals surface area contributed by atoms with E-state index < -0.39 is 9.84 Å². The molecule has 1 heterocycles. The van der Waals surface area contributed by atoms with Crippen LogP contribution < -0.4 is 11.1 Å². The van der Waals surface area contributed by atoms with Crippen LogP contribution in [0, 0.1) is 11.8 Å². The van der Waals surface area contributed by atoms with Crippen LogP contribution in [0.4, 0.5) is 0 Å². The summed E-state index contributed by atoms with van der Waals surface area (Å²) in [7, 11) is -2.97. The second kappa shape index (κ2) is 5.79. The highest BCUT2D eigenvalue weighted by molar-refractivity contribution is 7.91. The van der Waals surface area contributed by atoms with Crippen molar-refractivity contribution in [2.45, 2.75) is 51.1 Å². The molecule has 0 spiro atoms. The van der Waals surface area contributed by atoms with E-state index in [2.05, 4.69) is 12.2 Å². The molecule has 0 radical (unpaired) electrons. The van der Waals surface area contributed by atoms with E-state index in [1.807, 2.05) is 0 Å². The first-order chi connectivity index (χ1) is 8.87. The van der Waals surface area contributed by atoms with E-state index in [1.165, 1.54) is 0 Å². The quantitative estimate of drug-likeness (QED) is 0.772. The fourth-order valence-electron chi connectivity index (χ4n) is 3.16. The van der Waals surface area contributed by atoms with Crippen LogP contribution in [0.3, 0.4) is 0 Å². The largest absolute Gasteiger partial charge is 0.352 e. The van der Waals surface area contributed by atoms with Gasteiger partial charge in [-0.1, -0.05) is 6.92 Å². The zero-order chi connectivity index (χ0) is 14.0. The molecule has 1 amide bonds. The van der Waals surface area contributed by atoms with E-state index >= 15 is 0 Å². The molecule has 19 heavy (non-hydrogen) atoms. The van der Waals surface area contributed by atoms with Gasteiger partial charge in [-0.25, -0.2) is 8.42 Å². The molecule has 1 aliphatic carbocycles. The van der Waals surface area contributed by atoms with Gasteiger partial charge in [-0.2, -0.15) is 0 Å². The van der Waals surface area contributed by atoms with Gasteiger partial charge < -0.3 is 11.1 Å². The zero-order valence-electron chi connectivity index (χ0n) is 11.5. The van der Waals surface area contributed by atoms with Gasteiger partial charge >= 0.3 is 0 Å². The molecule has 0 aromatic carbocycles. The third-order valence-electron chi connectivity index (χ3n) is 4.38. The molecular formula is C13H24N2O3S. The number of hydrogen-bond acceptors (Lipinski definition) is 4. The Labute approximate surface area is 115 Å². The minimum absolute atomic E-state index is 0.00949. The van der Waals surface area contributed by atoms with Crippen LogP contribution in [-0.2, 0) is 14.6 Å². The first-order valence-corrected chi connectivity index (χ1v) is 8.96. The van der Waals surface area contributed by atoms with Crippen LogP contribution in [0.15, 0.2) is 0 Å². The van der Waals surface area contributed by atoms with Crippen LogP contribution >= 0.6 is 0 Å². The Morgan fingerprint density at radius 3 is 2.68 bits per heavy atom. The van der Waals surface area contributed by atoms with Crippen molar-refractivity contribution in [3.8, 4) is 0 Å². The second-order valence-electron chi connectivity index (χ2n) is 6.12. The molecular weight excluding hydrogens is 264 g/mol. The number of carbonyl (C=O) groups is 1. The van der Waals surface area contributed by atoms with E-state index in [0.717, 1.165) is 19.3 Å². The van der Waals surface area contributed by atoms with Crippen LogP contribution in [0.25, 0.3) is 0 Å². The average Bonchev–Trinajstić information content (AvgIpc) is 2.31. The summed E-state index contributed by atoms with van der Waals surface area (Å²) in [5.74, 6) is 0.605. The number of sulfone groups is 1.